The SMILES string of the molecule is CN(C/C=C/c1ccc([N+](=O)[O-])cc1)C(=O)OC(C)(C)C. The topological polar surface area (TPSA) is 72.7 Å². The summed E-state index contributed by atoms with van der Waals surface area (Å²) in [4.78, 5) is 23.3. The van der Waals surface area contributed by atoms with E-state index < -0.39 is 16.6 Å². The van der Waals surface area contributed by atoms with Crippen molar-refractivity contribution in [3.05, 3.63) is 46.0 Å². The van der Waals surface area contributed by atoms with E-state index in [9.17, 15) is 14.9 Å². The summed E-state index contributed by atoms with van der Waals surface area (Å²) in [5.74, 6) is 0. The quantitative estimate of drug-likeness (QED) is 0.629. The van der Waals surface area contributed by atoms with Gasteiger partial charge in [-0.3, -0.25) is 10.1 Å². The number of carbonyl (C=O) groups excluding carboxylic acids is 1. The molecule has 0 aliphatic carbocycles. The molecule has 0 saturated carbocycles. The van der Waals surface area contributed by atoms with Crippen molar-refractivity contribution in [3.8, 4) is 0 Å². The monoisotopic (exact) mass is 292 g/mol. The van der Waals surface area contributed by atoms with Crippen LogP contribution in [0.4, 0.5) is 10.5 Å². The van der Waals surface area contributed by atoms with Crippen molar-refractivity contribution in [1.29, 1.82) is 0 Å². The number of likely N-dealkylation sites (N-methyl/N-ethyl adjacent to an activating group) is 1. The maximum atomic E-state index is 11.7. The third-order valence-corrected chi connectivity index (χ3v) is 2.50. The minimum absolute atomic E-state index is 0.0537. The number of nitro groups is 1. The van der Waals surface area contributed by atoms with Crippen LogP contribution in [-0.4, -0.2) is 35.1 Å². The van der Waals surface area contributed by atoms with E-state index >= 15 is 0 Å². The normalized spacial score (nSPS) is 11.4. The minimum Gasteiger partial charge on any atom is -0.444 e. The van der Waals surface area contributed by atoms with Crippen molar-refractivity contribution in [2.24, 2.45) is 0 Å². The van der Waals surface area contributed by atoms with Crippen LogP contribution in [0.1, 0.15) is 26.3 Å². The molecule has 0 spiro atoms. The molecule has 0 aromatic heterocycles. The van der Waals surface area contributed by atoms with E-state index in [0.717, 1.165) is 5.56 Å². The Morgan fingerprint density at radius 3 is 2.38 bits per heavy atom. The smallest absolute Gasteiger partial charge is 0.410 e. The molecule has 0 aliphatic rings. The fourth-order valence-corrected chi connectivity index (χ4v) is 1.47. The van der Waals surface area contributed by atoms with Crippen molar-refractivity contribution in [1.82, 2.24) is 4.90 Å². The zero-order valence-corrected chi connectivity index (χ0v) is 12.7. The second-order valence-corrected chi connectivity index (χ2v) is 5.61. The van der Waals surface area contributed by atoms with E-state index in [0.29, 0.717) is 6.54 Å². The molecule has 1 aromatic rings. The zero-order valence-electron chi connectivity index (χ0n) is 12.7. The highest BCUT2D eigenvalue weighted by Crippen LogP contribution is 2.13. The lowest BCUT2D eigenvalue weighted by atomic mass is 10.2. The lowest BCUT2D eigenvalue weighted by Gasteiger charge is -2.23. The highest BCUT2D eigenvalue weighted by Gasteiger charge is 2.18. The molecule has 6 heteroatoms. The van der Waals surface area contributed by atoms with Crippen LogP contribution in [0.2, 0.25) is 0 Å². The number of amides is 1. The summed E-state index contributed by atoms with van der Waals surface area (Å²) in [6.45, 7) is 5.83. The van der Waals surface area contributed by atoms with Crippen LogP contribution < -0.4 is 0 Å². The largest absolute Gasteiger partial charge is 0.444 e. The van der Waals surface area contributed by atoms with E-state index in [-0.39, 0.29) is 5.69 Å². The van der Waals surface area contributed by atoms with E-state index in [2.05, 4.69) is 0 Å². The molecule has 6 nitrogen and oxygen atoms in total. The second kappa shape index (κ2) is 6.88. The summed E-state index contributed by atoms with van der Waals surface area (Å²) in [6, 6.07) is 6.19. The summed E-state index contributed by atoms with van der Waals surface area (Å²) >= 11 is 0. The molecule has 0 radical (unpaired) electrons. The van der Waals surface area contributed by atoms with E-state index in [4.69, 9.17) is 4.74 Å². The molecule has 0 aliphatic heterocycles. The van der Waals surface area contributed by atoms with Crippen molar-refractivity contribution < 1.29 is 14.5 Å². The first-order chi connectivity index (χ1) is 9.69. The number of hydrogen-bond donors (Lipinski definition) is 0. The molecule has 0 unspecified atom stereocenters. The zero-order chi connectivity index (χ0) is 16.0. The van der Waals surface area contributed by atoms with Gasteiger partial charge < -0.3 is 9.64 Å². The molecule has 0 heterocycles. The van der Waals surface area contributed by atoms with E-state index in [1.165, 1.54) is 17.0 Å². The summed E-state index contributed by atoms with van der Waals surface area (Å²) < 4.78 is 5.22. The highest BCUT2D eigenvalue weighted by atomic mass is 16.6. The Kier molecular flexibility index (Phi) is 5.46. The van der Waals surface area contributed by atoms with Crippen LogP contribution in [-0.2, 0) is 4.74 Å². The fraction of sp³-hybridized carbons (Fsp3) is 0.400. The Labute approximate surface area is 124 Å². The van der Waals surface area contributed by atoms with Crippen LogP contribution in [0.3, 0.4) is 0 Å². The molecule has 0 saturated heterocycles. The number of non-ortho nitro benzene ring substituents is 1. The maximum Gasteiger partial charge on any atom is 0.410 e. The minimum atomic E-state index is -0.520. The fourth-order valence-electron chi connectivity index (χ4n) is 1.47. The summed E-state index contributed by atoms with van der Waals surface area (Å²) in [5.41, 5.74) is 0.365. The Bertz CT molecular complexity index is 530. The molecule has 21 heavy (non-hydrogen) atoms. The van der Waals surface area contributed by atoms with Crippen LogP contribution >= 0.6 is 0 Å². The number of hydrogen-bond acceptors (Lipinski definition) is 4. The van der Waals surface area contributed by atoms with Gasteiger partial charge in [-0.1, -0.05) is 12.2 Å². The third-order valence-electron chi connectivity index (χ3n) is 2.50. The van der Waals surface area contributed by atoms with Gasteiger partial charge in [0.15, 0.2) is 0 Å². The van der Waals surface area contributed by atoms with Crippen molar-refractivity contribution in [2.45, 2.75) is 26.4 Å². The van der Waals surface area contributed by atoms with Gasteiger partial charge in [-0.25, -0.2) is 4.79 Å². The van der Waals surface area contributed by atoms with E-state index in [1.807, 2.05) is 20.8 Å². The predicted octanol–water partition coefficient (Wildman–Crippen LogP) is 3.47. The molecule has 1 amide bonds. The molecule has 0 N–H and O–H groups in total. The number of carbonyl (C=O) groups is 1. The van der Waals surface area contributed by atoms with Crippen LogP contribution in [0.25, 0.3) is 6.08 Å². The van der Waals surface area contributed by atoms with Crippen molar-refractivity contribution in [3.63, 3.8) is 0 Å². The van der Waals surface area contributed by atoms with Gasteiger partial charge in [0.25, 0.3) is 5.69 Å². The molecule has 0 bridgehead atoms. The standard InChI is InChI=1S/C15H20N2O4/c1-15(2,3)21-14(18)16(4)11-5-6-12-7-9-13(10-8-12)17(19)20/h5-10H,11H2,1-4H3/b6-5+. The number of nitro benzene ring substituents is 1. The molecular weight excluding hydrogens is 272 g/mol. The molecule has 0 atom stereocenters. The van der Waals surface area contributed by atoms with Crippen LogP contribution in [0.15, 0.2) is 30.3 Å². The van der Waals surface area contributed by atoms with E-state index in [1.54, 1.807) is 31.3 Å². The van der Waals surface area contributed by atoms with Crippen LogP contribution in [0, 0.1) is 10.1 Å². The number of rotatable bonds is 4. The Morgan fingerprint density at radius 2 is 1.90 bits per heavy atom. The lowest BCUT2D eigenvalue weighted by molar-refractivity contribution is -0.384. The first-order valence-corrected chi connectivity index (χ1v) is 6.54. The molecule has 0 fully saturated rings. The number of benzene rings is 1. The summed E-state index contributed by atoms with van der Waals surface area (Å²) in [6.07, 6.45) is 3.20. The average Bonchev–Trinajstić information content (AvgIpc) is 2.37. The number of ether oxygens (including phenoxy) is 1. The van der Waals surface area contributed by atoms with Gasteiger partial charge in [-0.15, -0.1) is 0 Å². The number of nitrogens with zero attached hydrogens (tertiary/aromatic N) is 2. The summed E-state index contributed by atoms with van der Waals surface area (Å²) in [7, 11) is 1.65. The average molecular weight is 292 g/mol. The molecule has 1 aromatic carbocycles. The lowest BCUT2D eigenvalue weighted by Crippen LogP contribution is -2.34. The highest BCUT2D eigenvalue weighted by molar-refractivity contribution is 5.68. The van der Waals surface area contributed by atoms with Gasteiger partial charge in [0.1, 0.15) is 5.60 Å². The van der Waals surface area contributed by atoms with Crippen molar-refractivity contribution in [2.75, 3.05) is 13.6 Å². The summed E-state index contributed by atoms with van der Waals surface area (Å²) in [5, 5.41) is 10.5. The first kappa shape index (κ1) is 16.7. The molecular formula is C15H20N2O4. The maximum absolute atomic E-state index is 11.7. The third kappa shape index (κ3) is 6.07. The van der Waals surface area contributed by atoms with Gasteiger partial charge in [-0.2, -0.15) is 0 Å². The predicted molar refractivity (Wildman–Crippen MR) is 81.0 cm³/mol. The van der Waals surface area contributed by atoms with Crippen LogP contribution in [0.5, 0.6) is 0 Å². The second-order valence-electron chi connectivity index (χ2n) is 5.61. The Balaban J connectivity index is 2.54. The Morgan fingerprint density at radius 1 is 1.33 bits per heavy atom. The van der Waals surface area contributed by atoms with Crippen molar-refractivity contribution >= 4 is 17.9 Å². The first-order valence-electron chi connectivity index (χ1n) is 6.54. The Hall–Kier alpha value is -2.37. The van der Waals surface area contributed by atoms with Gasteiger partial charge >= 0.3 is 6.09 Å². The van der Waals surface area contributed by atoms with Gasteiger partial charge in [0.05, 0.1) is 4.92 Å². The molecule has 114 valence electrons. The molecule has 1 rings (SSSR count). The van der Waals surface area contributed by atoms with Gasteiger partial charge in [0.2, 0.25) is 0 Å². The van der Waals surface area contributed by atoms with Gasteiger partial charge in [0, 0.05) is 25.7 Å². The van der Waals surface area contributed by atoms with Gasteiger partial charge in [-0.05, 0) is 38.5 Å².